The number of amides is 3. The summed E-state index contributed by atoms with van der Waals surface area (Å²) in [5.74, 6) is 0.223. The van der Waals surface area contributed by atoms with E-state index in [1.54, 1.807) is 42.5 Å². The lowest BCUT2D eigenvalue weighted by molar-refractivity contribution is -0.137. The van der Waals surface area contributed by atoms with Gasteiger partial charge in [-0.15, -0.1) is 0 Å². The van der Waals surface area contributed by atoms with Gasteiger partial charge in [-0.25, -0.2) is 0 Å². The van der Waals surface area contributed by atoms with Gasteiger partial charge in [-0.1, -0.05) is 12.1 Å². The lowest BCUT2D eigenvalue weighted by Gasteiger charge is -2.19. The summed E-state index contributed by atoms with van der Waals surface area (Å²) >= 11 is 0. The lowest BCUT2D eigenvalue weighted by Crippen LogP contribution is -2.34. The topological polar surface area (TPSA) is 106 Å². The minimum absolute atomic E-state index is 0.186. The second-order valence-electron chi connectivity index (χ2n) is 7.80. The van der Waals surface area contributed by atoms with Crippen molar-refractivity contribution in [3.8, 4) is 11.5 Å². The van der Waals surface area contributed by atoms with Gasteiger partial charge in [0, 0.05) is 44.1 Å². The molecule has 2 aromatic carbocycles. The maximum absolute atomic E-state index is 13.3. The molecule has 0 spiro atoms. The molecule has 2 aromatic rings. The monoisotopic (exact) mass is 465 g/mol. The molecule has 0 atom stereocenters. The molecule has 34 heavy (non-hydrogen) atoms. The number of rotatable bonds is 9. The number of hydrogen-bond donors (Lipinski definition) is 2. The average molecular weight is 466 g/mol. The van der Waals surface area contributed by atoms with Crippen molar-refractivity contribution in [2.45, 2.75) is 20.3 Å². The van der Waals surface area contributed by atoms with E-state index in [-0.39, 0.29) is 29.6 Å². The third-order valence-corrected chi connectivity index (χ3v) is 5.35. The van der Waals surface area contributed by atoms with Crippen LogP contribution in [0.25, 0.3) is 5.57 Å². The summed E-state index contributed by atoms with van der Waals surface area (Å²) in [6, 6.07) is 12.1. The first-order chi connectivity index (χ1) is 16.5. The lowest BCUT2D eigenvalue weighted by atomic mass is 10.0. The van der Waals surface area contributed by atoms with Gasteiger partial charge in [0.25, 0.3) is 11.8 Å². The minimum Gasteiger partial charge on any atom is -0.486 e. The summed E-state index contributed by atoms with van der Waals surface area (Å²) in [5, 5.41) is 5.83. The van der Waals surface area contributed by atoms with Crippen molar-refractivity contribution < 1.29 is 28.6 Å². The van der Waals surface area contributed by atoms with Gasteiger partial charge in [0.2, 0.25) is 5.91 Å². The molecule has 0 radical (unpaired) electrons. The number of nitrogens with zero attached hydrogens (tertiary/aromatic N) is 1. The Morgan fingerprint density at radius 1 is 1.00 bits per heavy atom. The second-order valence-corrected chi connectivity index (χ2v) is 7.80. The van der Waals surface area contributed by atoms with Crippen molar-refractivity contribution in [1.82, 2.24) is 4.90 Å². The average Bonchev–Trinajstić information content (AvgIpc) is 3.06. The van der Waals surface area contributed by atoms with Gasteiger partial charge >= 0.3 is 0 Å². The van der Waals surface area contributed by atoms with E-state index >= 15 is 0 Å². The van der Waals surface area contributed by atoms with E-state index in [9.17, 15) is 14.4 Å². The molecule has 0 bridgehead atoms. The zero-order chi connectivity index (χ0) is 24.1. The van der Waals surface area contributed by atoms with Crippen LogP contribution in [0.15, 0.2) is 48.2 Å². The van der Waals surface area contributed by atoms with Crippen molar-refractivity contribution in [2.75, 3.05) is 43.6 Å². The zero-order valence-corrected chi connectivity index (χ0v) is 19.2. The third kappa shape index (κ3) is 5.04. The number of hydrogen-bond acceptors (Lipinski definition) is 7. The Bertz CT molecular complexity index is 1130. The first-order valence-electron chi connectivity index (χ1n) is 11.2. The number of carbonyl (C=O) groups is 3. The molecular formula is C25H27N3O6. The number of ether oxygens (including phenoxy) is 3. The molecule has 3 amide bonds. The molecule has 2 aliphatic heterocycles. The SMILES string of the molecule is CCOCCCN1C(=O)C(Nc2ccc3c(c2)OCCO3)=C(c2ccc(NC(C)=O)cc2)C1=O. The Morgan fingerprint density at radius 2 is 1.71 bits per heavy atom. The minimum atomic E-state index is -0.405. The van der Waals surface area contributed by atoms with Crippen LogP contribution in [0, 0.1) is 0 Å². The van der Waals surface area contributed by atoms with Gasteiger partial charge in [0.05, 0.1) is 5.57 Å². The largest absolute Gasteiger partial charge is 0.486 e. The summed E-state index contributed by atoms with van der Waals surface area (Å²) < 4.78 is 16.6. The fourth-order valence-corrected chi connectivity index (χ4v) is 3.82. The summed E-state index contributed by atoms with van der Waals surface area (Å²) in [5.41, 5.74) is 2.23. The van der Waals surface area contributed by atoms with E-state index < -0.39 is 5.91 Å². The molecule has 0 fully saturated rings. The van der Waals surface area contributed by atoms with Crippen LogP contribution < -0.4 is 20.1 Å². The summed E-state index contributed by atoms with van der Waals surface area (Å²) in [7, 11) is 0. The van der Waals surface area contributed by atoms with Crippen LogP contribution in [0.3, 0.4) is 0 Å². The normalized spacial score (nSPS) is 15.1. The molecule has 2 N–H and O–H groups in total. The van der Waals surface area contributed by atoms with E-state index in [1.165, 1.54) is 11.8 Å². The zero-order valence-electron chi connectivity index (χ0n) is 19.2. The third-order valence-electron chi connectivity index (χ3n) is 5.35. The van der Waals surface area contributed by atoms with Gasteiger partial charge in [-0.05, 0) is 43.2 Å². The van der Waals surface area contributed by atoms with Gasteiger partial charge in [-0.3, -0.25) is 19.3 Å². The van der Waals surface area contributed by atoms with E-state index in [1.807, 2.05) is 6.92 Å². The number of fused-ring (bicyclic) bond motifs is 1. The van der Waals surface area contributed by atoms with Crippen molar-refractivity contribution in [2.24, 2.45) is 0 Å². The Kier molecular flexibility index (Phi) is 7.12. The highest BCUT2D eigenvalue weighted by Gasteiger charge is 2.39. The van der Waals surface area contributed by atoms with Crippen LogP contribution in [0.2, 0.25) is 0 Å². The Hall–Kier alpha value is -3.85. The first-order valence-corrected chi connectivity index (χ1v) is 11.2. The van der Waals surface area contributed by atoms with Crippen molar-refractivity contribution in [3.05, 3.63) is 53.7 Å². The molecular weight excluding hydrogens is 438 g/mol. The molecule has 9 nitrogen and oxygen atoms in total. The molecule has 178 valence electrons. The van der Waals surface area contributed by atoms with E-state index in [4.69, 9.17) is 14.2 Å². The molecule has 2 heterocycles. The summed E-state index contributed by atoms with van der Waals surface area (Å²) in [6.45, 7) is 5.51. The smallest absolute Gasteiger partial charge is 0.278 e. The quantitative estimate of drug-likeness (QED) is 0.433. The highest BCUT2D eigenvalue weighted by atomic mass is 16.6. The predicted molar refractivity (Wildman–Crippen MR) is 127 cm³/mol. The van der Waals surface area contributed by atoms with Gasteiger partial charge in [-0.2, -0.15) is 0 Å². The van der Waals surface area contributed by atoms with Crippen molar-refractivity contribution in [3.63, 3.8) is 0 Å². The highest BCUT2D eigenvalue weighted by Crippen LogP contribution is 2.35. The number of benzene rings is 2. The Balaban J connectivity index is 1.65. The summed E-state index contributed by atoms with van der Waals surface area (Å²) in [4.78, 5) is 39.2. The van der Waals surface area contributed by atoms with Crippen LogP contribution in [0.5, 0.6) is 11.5 Å². The number of anilines is 2. The van der Waals surface area contributed by atoms with Crippen molar-refractivity contribution in [1.29, 1.82) is 0 Å². The second kappa shape index (κ2) is 10.4. The maximum Gasteiger partial charge on any atom is 0.278 e. The number of carbonyl (C=O) groups excluding carboxylic acids is 3. The van der Waals surface area contributed by atoms with E-state index in [0.29, 0.717) is 61.3 Å². The number of imide groups is 1. The summed E-state index contributed by atoms with van der Waals surface area (Å²) in [6.07, 6.45) is 0.539. The van der Waals surface area contributed by atoms with Crippen LogP contribution in [0.4, 0.5) is 11.4 Å². The number of nitrogens with one attached hydrogen (secondary N) is 2. The van der Waals surface area contributed by atoms with Crippen LogP contribution >= 0.6 is 0 Å². The molecule has 9 heteroatoms. The van der Waals surface area contributed by atoms with Gasteiger partial charge in [0.1, 0.15) is 18.9 Å². The van der Waals surface area contributed by atoms with Gasteiger partial charge in [0.15, 0.2) is 11.5 Å². The van der Waals surface area contributed by atoms with Crippen LogP contribution in [-0.2, 0) is 19.1 Å². The maximum atomic E-state index is 13.3. The van der Waals surface area contributed by atoms with Crippen LogP contribution in [-0.4, -0.2) is 55.6 Å². The molecule has 0 saturated heterocycles. The van der Waals surface area contributed by atoms with Gasteiger partial charge < -0.3 is 24.8 Å². The molecule has 0 unspecified atom stereocenters. The Morgan fingerprint density at radius 3 is 2.41 bits per heavy atom. The highest BCUT2D eigenvalue weighted by molar-refractivity contribution is 6.36. The van der Waals surface area contributed by atoms with Crippen molar-refractivity contribution >= 4 is 34.7 Å². The first kappa shape index (κ1) is 23.3. The van der Waals surface area contributed by atoms with E-state index in [0.717, 1.165) is 0 Å². The fourth-order valence-electron chi connectivity index (χ4n) is 3.82. The van der Waals surface area contributed by atoms with E-state index in [2.05, 4.69) is 10.6 Å². The fraction of sp³-hybridized carbons (Fsp3) is 0.320. The van der Waals surface area contributed by atoms with Crippen LogP contribution in [0.1, 0.15) is 25.8 Å². The Labute approximate surface area is 197 Å². The standard InChI is InChI=1S/C25H27N3O6/c1-3-32-12-4-11-28-24(30)22(17-5-7-18(8-6-17)26-16(2)29)23(25(28)31)27-19-9-10-20-21(15-19)34-14-13-33-20/h5-10,15,27H,3-4,11-14H2,1-2H3,(H,26,29). The molecule has 4 rings (SSSR count). The molecule has 2 aliphatic rings. The molecule has 0 saturated carbocycles. The molecule has 0 aliphatic carbocycles. The molecule has 0 aromatic heterocycles. The predicted octanol–water partition coefficient (Wildman–Crippen LogP) is 3.03.